The quantitative estimate of drug-likeness (QED) is 0.371. The summed E-state index contributed by atoms with van der Waals surface area (Å²) in [5.74, 6) is -1.59. The van der Waals surface area contributed by atoms with E-state index in [0.29, 0.717) is 56.4 Å². The van der Waals surface area contributed by atoms with E-state index in [1.807, 2.05) is 11.8 Å². The zero-order chi connectivity index (χ0) is 30.7. The number of carbonyl (C=O) groups is 2. The SMILES string of the molecule is CC1c2cnc(-c3ncccn3)nc2CCN1c1cc(F)c(F)c(OCCCN2CCN(C(=O)OC(C)(C)C)CC2=O)c1. The molecule has 5 rings (SSSR count). The van der Waals surface area contributed by atoms with E-state index in [4.69, 9.17) is 9.47 Å². The molecule has 4 heterocycles. The van der Waals surface area contributed by atoms with Gasteiger partial charge < -0.3 is 19.3 Å². The number of carbonyl (C=O) groups excluding carboxylic acids is 2. The van der Waals surface area contributed by atoms with Crippen molar-refractivity contribution < 1.29 is 27.8 Å². The van der Waals surface area contributed by atoms with E-state index >= 15 is 0 Å². The summed E-state index contributed by atoms with van der Waals surface area (Å²) >= 11 is 0. The number of hydrogen-bond donors (Lipinski definition) is 0. The molecule has 1 atom stereocenters. The van der Waals surface area contributed by atoms with Crippen LogP contribution >= 0.6 is 0 Å². The number of hydrogen-bond acceptors (Lipinski definition) is 9. The van der Waals surface area contributed by atoms with Gasteiger partial charge in [-0.25, -0.2) is 29.1 Å². The van der Waals surface area contributed by atoms with Crippen LogP contribution in [0.2, 0.25) is 0 Å². The minimum Gasteiger partial charge on any atom is -0.490 e. The summed E-state index contributed by atoms with van der Waals surface area (Å²) < 4.78 is 40.4. The predicted octanol–water partition coefficient (Wildman–Crippen LogP) is 4.18. The summed E-state index contributed by atoms with van der Waals surface area (Å²) in [5.41, 5.74) is 1.58. The number of nitrogens with zero attached hydrogens (tertiary/aromatic N) is 7. The van der Waals surface area contributed by atoms with Crippen LogP contribution in [-0.4, -0.2) is 86.7 Å². The molecule has 0 spiro atoms. The number of anilines is 1. The topological polar surface area (TPSA) is 114 Å². The molecular formula is C30H35F2N7O4. The average Bonchev–Trinajstić information content (AvgIpc) is 2.97. The van der Waals surface area contributed by atoms with Crippen molar-refractivity contribution in [3.8, 4) is 17.4 Å². The van der Waals surface area contributed by atoms with Crippen molar-refractivity contribution in [3.63, 3.8) is 0 Å². The number of halogens is 2. The third-order valence-electron chi connectivity index (χ3n) is 7.28. The summed E-state index contributed by atoms with van der Waals surface area (Å²) in [6.45, 7) is 8.88. The molecule has 2 aliphatic heterocycles. The van der Waals surface area contributed by atoms with Gasteiger partial charge in [0.15, 0.2) is 23.2 Å². The Morgan fingerprint density at radius 1 is 1.07 bits per heavy atom. The summed E-state index contributed by atoms with van der Waals surface area (Å²) in [6.07, 6.45) is 5.46. The lowest BCUT2D eigenvalue weighted by molar-refractivity contribution is -0.136. The molecule has 228 valence electrons. The molecule has 43 heavy (non-hydrogen) atoms. The predicted molar refractivity (Wildman–Crippen MR) is 153 cm³/mol. The maximum Gasteiger partial charge on any atom is 0.410 e. The first-order valence-electron chi connectivity index (χ1n) is 14.3. The molecule has 2 aromatic heterocycles. The van der Waals surface area contributed by atoms with Crippen molar-refractivity contribution in [1.82, 2.24) is 29.7 Å². The van der Waals surface area contributed by atoms with Crippen LogP contribution < -0.4 is 9.64 Å². The molecule has 3 aromatic rings. The normalized spacial score (nSPS) is 17.1. The minimum atomic E-state index is -1.06. The fraction of sp³-hybridized carbons (Fsp3) is 0.467. The van der Waals surface area contributed by atoms with Crippen LogP contribution in [0.25, 0.3) is 11.6 Å². The van der Waals surface area contributed by atoms with Crippen molar-refractivity contribution in [2.75, 3.05) is 44.2 Å². The molecule has 0 N–H and O–H groups in total. The number of rotatable bonds is 7. The van der Waals surface area contributed by atoms with Crippen LogP contribution in [0.4, 0.5) is 19.3 Å². The average molecular weight is 596 g/mol. The molecule has 0 radical (unpaired) electrons. The van der Waals surface area contributed by atoms with E-state index in [1.54, 1.807) is 50.3 Å². The van der Waals surface area contributed by atoms with Crippen LogP contribution in [0.15, 0.2) is 36.8 Å². The van der Waals surface area contributed by atoms with Gasteiger partial charge in [0.2, 0.25) is 11.7 Å². The van der Waals surface area contributed by atoms with E-state index in [1.165, 1.54) is 17.0 Å². The highest BCUT2D eigenvalue weighted by molar-refractivity contribution is 5.83. The largest absolute Gasteiger partial charge is 0.490 e. The van der Waals surface area contributed by atoms with E-state index in [0.717, 1.165) is 11.3 Å². The van der Waals surface area contributed by atoms with Gasteiger partial charge in [-0.1, -0.05) is 0 Å². The highest BCUT2D eigenvalue weighted by Gasteiger charge is 2.31. The Labute approximate surface area is 248 Å². The summed E-state index contributed by atoms with van der Waals surface area (Å²) in [4.78, 5) is 47.3. The standard InChI is InChI=1S/C30H35F2N7O4/c1-19-21-17-35-28(27-33-8-5-9-34-27)36-23(21)7-11-39(19)20-15-22(31)26(32)24(16-20)42-14-6-10-37-12-13-38(18-25(37)40)29(41)43-30(2,3)4/h5,8-9,15-17,19H,6-7,10-14,18H2,1-4H3. The lowest BCUT2D eigenvalue weighted by atomic mass is 9.98. The Morgan fingerprint density at radius 2 is 1.84 bits per heavy atom. The molecule has 1 saturated heterocycles. The highest BCUT2D eigenvalue weighted by atomic mass is 19.2. The summed E-state index contributed by atoms with van der Waals surface area (Å²) in [5, 5.41) is 0. The van der Waals surface area contributed by atoms with Crippen LogP contribution in [-0.2, 0) is 16.0 Å². The van der Waals surface area contributed by atoms with Gasteiger partial charge in [0, 0.05) is 74.6 Å². The minimum absolute atomic E-state index is 0.0683. The summed E-state index contributed by atoms with van der Waals surface area (Å²) in [6, 6.07) is 4.19. The Hall–Kier alpha value is -4.42. The first-order valence-corrected chi connectivity index (χ1v) is 14.3. The van der Waals surface area contributed by atoms with Crippen molar-refractivity contribution in [1.29, 1.82) is 0 Å². The van der Waals surface area contributed by atoms with Gasteiger partial charge in [-0.15, -0.1) is 0 Å². The van der Waals surface area contributed by atoms with E-state index in [9.17, 15) is 18.4 Å². The number of aromatic nitrogens is 4. The van der Waals surface area contributed by atoms with E-state index < -0.39 is 23.3 Å². The molecule has 0 bridgehead atoms. The van der Waals surface area contributed by atoms with Gasteiger partial charge in [0.25, 0.3) is 0 Å². The Bertz CT molecular complexity index is 1490. The molecule has 1 fully saturated rings. The van der Waals surface area contributed by atoms with Gasteiger partial charge in [-0.05, 0) is 40.2 Å². The molecule has 1 aromatic carbocycles. The van der Waals surface area contributed by atoms with Crippen molar-refractivity contribution in [3.05, 3.63) is 59.7 Å². The van der Waals surface area contributed by atoms with Crippen molar-refractivity contribution in [2.24, 2.45) is 0 Å². The molecular weight excluding hydrogens is 560 g/mol. The zero-order valence-corrected chi connectivity index (χ0v) is 24.7. The molecule has 1 unspecified atom stereocenters. The number of benzene rings is 1. The Balaban J connectivity index is 1.18. The maximum absolute atomic E-state index is 14.7. The van der Waals surface area contributed by atoms with Gasteiger partial charge in [0.05, 0.1) is 18.3 Å². The fourth-order valence-corrected chi connectivity index (χ4v) is 5.12. The Morgan fingerprint density at radius 3 is 2.56 bits per heavy atom. The molecule has 11 nitrogen and oxygen atoms in total. The number of fused-ring (bicyclic) bond motifs is 1. The maximum atomic E-state index is 14.7. The number of piperazine rings is 1. The second kappa shape index (κ2) is 12.4. The number of amides is 2. The first-order chi connectivity index (χ1) is 20.5. The van der Waals surface area contributed by atoms with Gasteiger partial charge in [0.1, 0.15) is 12.1 Å². The third-order valence-corrected chi connectivity index (χ3v) is 7.28. The van der Waals surface area contributed by atoms with Crippen molar-refractivity contribution in [2.45, 2.75) is 52.2 Å². The smallest absolute Gasteiger partial charge is 0.410 e. The molecule has 13 heteroatoms. The lowest BCUT2D eigenvalue weighted by Crippen LogP contribution is -2.53. The fourth-order valence-electron chi connectivity index (χ4n) is 5.12. The highest BCUT2D eigenvalue weighted by Crippen LogP contribution is 2.36. The first kappa shape index (κ1) is 30.1. The van der Waals surface area contributed by atoms with Crippen LogP contribution in [0.1, 0.15) is 51.4 Å². The molecule has 2 aliphatic rings. The van der Waals surface area contributed by atoms with Crippen LogP contribution in [0.5, 0.6) is 5.75 Å². The van der Waals surface area contributed by atoms with Gasteiger partial charge in [-0.2, -0.15) is 4.39 Å². The van der Waals surface area contributed by atoms with Gasteiger partial charge >= 0.3 is 6.09 Å². The number of ether oxygens (including phenoxy) is 2. The van der Waals surface area contributed by atoms with Gasteiger partial charge in [-0.3, -0.25) is 9.69 Å². The van der Waals surface area contributed by atoms with Crippen molar-refractivity contribution >= 4 is 17.7 Å². The van der Waals surface area contributed by atoms with Crippen LogP contribution in [0, 0.1) is 11.6 Å². The second-order valence-electron chi connectivity index (χ2n) is 11.5. The molecule has 0 saturated carbocycles. The Kier molecular flexibility index (Phi) is 8.69. The summed E-state index contributed by atoms with van der Waals surface area (Å²) in [7, 11) is 0. The monoisotopic (exact) mass is 595 g/mol. The van der Waals surface area contributed by atoms with Crippen LogP contribution in [0.3, 0.4) is 0 Å². The molecule has 2 amide bonds. The second-order valence-corrected chi connectivity index (χ2v) is 11.5. The van der Waals surface area contributed by atoms with E-state index in [-0.39, 0.29) is 30.9 Å². The zero-order valence-electron chi connectivity index (χ0n) is 24.7. The third kappa shape index (κ3) is 6.98. The molecule has 0 aliphatic carbocycles. The van der Waals surface area contributed by atoms with E-state index in [2.05, 4.69) is 19.9 Å². The lowest BCUT2D eigenvalue weighted by Gasteiger charge is -2.36.